The molecule has 1 amide bonds. The monoisotopic (exact) mass is 487 g/mol. The smallest absolute Gasteiger partial charge is 0.260 e. The van der Waals surface area contributed by atoms with Crippen LogP contribution >= 0.6 is 11.3 Å². The van der Waals surface area contributed by atoms with Crippen molar-refractivity contribution in [3.8, 4) is 0 Å². The highest BCUT2D eigenvalue weighted by atomic mass is 32.2. The highest BCUT2D eigenvalue weighted by Crippen LogP contribution is 2.33. The van der Waals surface area contributed by atoms with Gasteiger partial charge in [-0.1, -0.05) is 17.4 Å². The predicted octanol–water partition coefficient (Wildman–Crippen LogP) is 5.00. The first-order chi connectivity index (χ1) is 15.7. The molecule has 2 aromatic heterocycles. The Balaban J connectivity index is 1.81. The van der Waals surface area contributed by atoms with Crippen LogP contribution in [0.5, 0.6) is 0 Å². The van der Waals surface area contributed by atoms with Gasteiger partial charge in [-0.15, -0.1) is 0 Å². The van der Waals surface area contributed by atoms with Crippen LogP contribution in [0.1, 0.15) is 29.8 Å². The number of aromatic nitrogens is 2. The molecule has 2 heterocycles. The van der Waals surface area contributed by atoms with E-state index in [-0.39, 0.29) is 32.4 Å². The van der Waals surface area contributed by atoms with Crippen LogP contribution in [0.15, 0.2) is 65.8 Å². The van der Waals surface area contributed by atoms with E-state index in [1.807, 2.05) is 0 Å². The zero-order chi connectivity index (χ0) is 23.8. The van der Waals surface area contributed by atoms with Crippen molar-refractivity contribution >= 4 is 42.4 Å². The Kier molecular flexibility index (Phi) is 6.22. The zero-order valence-electron chi connectivity index (χ0n) is 17.7. The van der Waals surface area contributed by atoms with Gasteiger partial charge in [-0.3, -0.25) is 14.7 Å². The fraction of sp³-hybridized carbons (Fsp3) is 0.174. The second-order valence-corrected chi connectivity index (χ2v) is 11.1. The molecule has 0 saturated heterocycles. The highest BCUT2D eigenvalue weighted by Gasteiger charge is 2.25. The first-order valence-corrected chi connectivity index (χ1v) is 12.3. The molecule has 0 saturated carbocycles. The molecule has 0 N–H and O–H groups in total. The minimum absolute atomic E-state index is 0.0321. The number of hydrogen-bond donors (Lipinski definition) is 0. The fourth-order valence-corrected chi connectivity index (χ4v) is 5.30. The lowest BCUT2D eigenvalue weighted by Gasteiger charge is -2.20. The van der Waals surface area contributed by atoms with Gasteiger partial charge >= 0.3 is 0 Å². The van der Waals surface area contributed by atoms with Crippen LogP contribution < -0.4 is 4.90 Å². The molecule has 10 heteroatoms. The van der Waals surface area contributed by atoms with Gasteiger partial charge in [-0.2, -0.15) is 0 Å². The van der Waals surface area contributed by atoms with E-state index >= 15 is 0 Å². The van der Waals surface area contributed by atoms with Crippen molar-refractivity contribution in [3.05, 3.63) is 83.7 Å². The van der Waals surface area contributed by atoms with Crippen molar-refractivity contribution in [3.63, 3.8) is 0 Å². The number of nitrogens with zero attached hydrogens (tertiary/aromatic N) is 3. The van der Waals surface area contributed by atoms with Gasteiger partial charge in [0.05, 0.1) is 21.4 Å². The van der Waals surface area contributed by atoms with Gasteiger partial charge in [0.1, 0.15) is 11.3 Å². The van der Waals surface area contributed by atoms with Crippen molar-refractivity contribution < 1.29 is 22.0 Å². The molecule has 0 spiro atoms. The summed E-state index contributed by atoms with van der Waals surface area (Å²) in [7, 11) is -3.60. The molecule has 170 valence electrons. The number of sulfone groups is 1. The molecule has 0 fully saturated rings. The first-order valence-electron chi connectivity index (χ1n) is 9.97. The summed E-state index contributed by atoms with van der Waals surface area (Å²) in [5.74, 6) is -2.09. The van der Waals surface area contributed by atoms with Crippen molar-refractivity contribution in [2.45, 2.75) is 30.5 Å². The van der Waals surface area contributed by atoms with Gasteiger partial charge in [0.25, 0.3) is 5.91 Å². The van der Waals surface area contributed by atoms with Crippen LogP contribution in [0.3, 0.4) is 0 Å². The minimum atomic E-state index is -3.60. The summed E-state index contributed by atoms with van der Waals surface area (Å²) in [5.41, 5.74) is 0.826. The molecule has 2 aromatic carbocycles. The second-order valence-electron chi connectivity index (χ2n) is 7.60. The van der Waals surface area contributed by atoms with Crippen molar-refractivity contribution in [2.24, 2.45) is 0 Å². The molecule has 0 unspecified atom stereocenters. The average molecular weight is 488 g/mol. The Hall–Kier alpha value is -3.24. The number of amides is 1. The maximum absolute atomic E-state index is 14.3. The van der Waals surface area contributed by atoms with E-state index in [0.717, 1.165) is 29.0 Å². The molecule has 33 heavy (non-hydrogen) atoms. The molecule has 4 aromatic rings. The number of rotatable bonds is 6. The van der Waals surface area contributed by atoms with Crippen molar-refractivity contribution in [2.75, 3.05) is 4.90 Å². The largest absolute Gasteiger partial charge is 0.279 e. The van der Waals surface area contributed by atoms with Gasteiger partial charge in [-0.05, 0) is 55.8 Å². The van der Waals surface area contributed by atoms with E-state index in [2.05, 4.69) is 9.97 Å². The summed E-state index contributed by atoms with van der Waals surface area (Å²) in [5, 5.41) is -0.494. The molecule has 0 bridgehead atoms. The summed E-state index contributed by atoms with van der Waals surface area (Å²) < 4.78 is 53.4. The molecular weight excluding hydrogens is 468 g/mol. The maximum Gasteiger partial charge on any atom is 0.260 e. The third-order valence-corrected chi connectivity index (χ3v) is 8.18. The second kappa shape index (κ2) is 8.95. The van der Waals surface area contributed by atoms with Gasteiger partial charge in [0.2, 0.25) is 0 Å². The number of halogens is 2. The number of carbonyl (C=O) groups excluding carboxylic acids is 1. The Labute approximate surface area is 193 Å². The Morgan fingerprint density at radius 3 is 2.52 bits per heavy atom. The minimum Gasteiger partial charge on any atom is -0.279 e. The molecular formula is C23H19F2N3O3S2. The third-order valence-electron chi connectivity index (χ3n) is 5.00. The van der Waals surface area contributed by atoms with Gasteiger partial charge in [0, 0.05) is 24.0 Å². The maximum atomic E-state index is 14.3. The van der Waals surface area contributed by atoms with Crippen molar-refractivity contribution in [1.29, 1.82) is 0 Å². The topological polar surface area (TPSA) is 80.2 Å². The Bertz CT molecular complexity index is 1440. The van der Waals surface area contributed by atoms with E-state index < -0.39 is 32.6 Å². The van der Waals surface area contributed by atoms with E-state index in [1.54, 1.807) is 38.4 Å². The first kappa shape index (κ1) is 22.9. The summed E-state index contributed by atoms with van der Waals surface area (Å²) in [4.78, 5) is 23.1. The number of thiazole rings is 1. The average Bonchev–Trinajstić information content (AvgIpc) is 3.22. The van der Waals surface area contributed by atoms with Crippen LogP contribution in [0, 0.1) is 11.6 Å². The van der Waals surface area contributed by atoms with E-state index in [1.165, 1.54) is 29.2 Å². The Morgan fingerprint density at radius 2 is 1.82 bits per heavy atom. The van der Waals surface area contributed by atoms with E-state index in [0.29, 0.717) is 0 Å². The molecule has 0 aliphatic rings. The molecule has 0 atom stereocenters. The number of benzene rings is 2. The van der Waals surface area contributed by atoms with Gasteiger partial charge in [0.15, 0.2) is 20.8 Å². The lowest BCUT2D eigenvalue weighted by atomic mass is 10.2. The van der Waals surface area contributed by atoms with Crippen LogP contribution in [-0.2, 0) is 16.4 Å². The molecule has 0 aliphatic heterocycles. The third kappa shape index (κ3) is 4.62. The molecule has 0 aliphatic carbocycles. The SMILES string of the molecule is CC(C)S(=O)(=O)c1cccc(C(=O)N(Cc2ccncc2)c2nc3c(F)cc(F)cc3s2)c1. The Morgan fingerprint density at radius 1 is 1.09 bits per heavy atom. The lowest BCUT2D eigenvalue weighted by molar-refractivity contribution is 0.0985. The molecule has 6 nitrogen and oxygen atoms in total. The highest BCUT2D eigenvalue weighted by molar-refractivity contribution is 7.92. The standard InChI is InChI=1S/C23H19F2N3O3S2/c1-14(2)33(30,31)18-5-3-4-16(10-18)22(29)28(13-15-6-8-26-9-7-15)23-27-21-19(25)11-17(24)12-20(21)32-23/h3-12,14H,13H2,1-2H3. The number of hydrogen-bond acceptors (Lipinski definition) is 6. The fourth-order valence-electron chi connectivity index (χ4n) is 3.19. The van der Waals surface area contributed by atoms with E-state index in [9.17, 15) is 22.0 Å². The zero-order valence-corrected chi connectivity index (χ0v) is 19.3. The van der Waals surface area contributed by atoms with Crippen LogP contribution in [0.2, 0.25) is 0 Å². The lowest BCUT2D eigenvalue weighted by Crippen LogP contribution is -2.30. The van der Waals surface area contributed by atoms with Crippen LogP contribution in [-0.4, -0.2) is 29.5 Å². The van der Waals surface area contributed by atoms with Gasteiger partial charge < -0.3 is 0 Å². The summed E-state index contributed by atoms with van der Waals surface area (Å²) >= 11 is 0.971. The quantitative estimate of drug-likeness (QED) is 0.382. The molecule has 0 radical (unpaired) electrons. The number of carbonyl (C=O) groups is 1. The summed E-state index contributed by atoms with van der Waals surface area (Å²) in [6, 6.07) is 11.1. The van der Waals surface area contributed by atoms with Crippen LogP contribution in [0.4, 0.5) is 13.9 Å². The van der Waals surface area contributed by atoms with Crippen LogP contribution in [0.25, 0.3) is 10.2 Å². The van der Waals surface area contributed by atoms with E-state index in [4.69, 9.17) is 0 Å². The predicted molar refractivity (Wildman–Crippen MR) is 123 cm³/mol. The summed E-state index contributed by atoms with van der Waals surface area (Å²) in [6.07, 6.45) is 3.14. The number of fused-ring (bicyclic) bond motifs is 1. The van der Waals surface area contributed by atoms with Gasteiger partial charge in [-0.25, -0.2) is 22.2 Å². The number of anilines is 1. The summed E-state index contributed by atoms with van der Waals surface area (Å²) in [6.45, 7) is 3.20. The van der Waals surface area contributed by atoms with Crippen molar-refractivity contribution in [1.82, 2.24) is 9.97 Å². The molecule has 4 rings (SSSR count). The normalized spacial score (nSPS) is 11.8. The number of pyridine rings is 1.